The van der Waals surface area contributed by atoms with Crippen molar-refractivity contribution in [3.8, 4) is 5.75 Å². The Kier molecular flexibility index (Phi) is 1.96. The molecule has 1 saturated heterocycles. The zero-order valence-corrected chi connectivity index (χ0v) is 11.3. The van der Waals surface area contributed by atoms with Gasteiger partial charge in [-0.05, 0) is 42.2 Å². The van der Waals surface area contributed by atoms with Crippen molar-refractivity contribution >= 4 is 17.5 Å². The lowest BCUT2D eigenvalue weighted by Crippen LogP contribution is -2.40. The van der Waals surface area contributed by atoms with Crippen molar-refractivity contribution < 1.29 is 14.7 Å². The van der Waals surface area contributed by atoms with E-state index in [1.165, 1.54) is 17.4 Å². The van der Waals surface area contributed by atoms with Crippen molar-refractivity contribution in [3.05, 3.63) is 36.4 Å². The fourth-order valence-corrected chi connectivity index (χ4v) is 4.84. The summed E-state index contributed by atoms with van der Waals surface area (Å²) in [5.74, 6) is 1.25. The minimum absolute atomic E-state index is 0.0758. The molecule has 0 unspecified atom stereocenters. The van der Waals surface area contributed by atoms with Gasteiger partial charge in [-0.15, -0.1) is 0 Å². The quantitative estimate of drug-likeness (QED) is 0.632. The van der Waals surface area contributed by atoms with Crippen LogP contribution in [0.2, 0.25) is 0 Å². The Balaban J connectivity index is 1.60. The van der Waals surface area contributed by atoms with E-state index in [2.05, 4.69) is 12.2 Å². The maximum atomic E-state index is 12.8. The van der Waals surface area contributed by atoms with Crippen molar-refractivity contribution in [2.24, 2.45) is 35.5 Å². The molecule has 106 valence electrons. The van der Waals surface area contributed by atoms with Crippen LogP contribution in [0.25, 0.3) is 0 Å². The van der Waals surface area contributed by atoms with Gasteiger partial charge in [0.2, 0.25) is 11.8 Å². The molecule has 2 saturated carbocycles. The second kappa shape index (κ2) is 3.56. The van der Waals surface area contributed by atoms with Crippen molar-refractivity contribution in [3.63, 3.8) is 0 Å². The molecule has 1 aromatic carbocycles. The van der Waals surface area contributed by atoms with Crippen molar-refractivity contribution in [2.45, 2.75) is 6.42 Å². The zero-order valence-electron chi connectivity index (χ0n) is 11.3. The van der Waals surface area contributed by atoms with Crippen LogP contribution in [0.1, 0.15) is 6.42 Å². The lowest BCUT2D eigenvalue weighted by atomic mass is 9.63. The number of allylic oxidation sites excluding steroid dienone is 2. The minimum Gasteiger partial charge on any atom is -0.508 e. The fraction of sp³-hybridized carbons (Fsp3) is 0.412. The maximum Gasteiger partial charge on any atom is 0.238 e. The molecular formula is C17H15NO3. The van der Waals surface area contributed by atoms with Gasteiger partial charge < -0.3 is 5.11 Å². The molecule has 2 bridgehead atoms. The van der Waals surface area contributed by atoms with E-state index >= 15 is 0 Å². The molecule has 1 N–H and O–H groups in total. The first-order chi connectivity index (χ1) is 10.2. The first-order valence-electron chi connectivity index (χ1n) is 7.52. The van der Waals surface area contributed by atoms with Crippen LogP contribution in [0.4, 0.5) is 5.69 Å². The number of carbonyl (C=O) groups excluding carboxylic acids is 2. The normalized spacial score (nSPS) is 42.2. The summed E-state index contributed by atoms with van der Waals surface area (Å²) < 4.78 is 0. The predicted molar refractivity (Wildman–Crippen MR) is 75.3 cm³/mol. The summed E-state index contributed by atoms with van der Waals surface area (Å²) in [7, 11) is 0. The number of rotatable bonds is 1. The van der Waals surface area contributed by atoms with E-state index in [9.17, 15) is 14.7 Å². The van der Waals surface area contributed by atoms with Gasteiger partial charge >= 0.3 is 0 Å². The number of benzene rings is 1. The summed E-state index contributed by atoms with van der Waals surface area (Å²) in [4.78, 5) is 26.9. The molecule has 4 heteroatoms. The molecule has 0 spiro atoms. The summed E-state index contributed by atoms with van der Waals surface area (Å²) in [6.45, 7) is 0. The van der Waals surface area contributed by atoms with Crippen molar-refractivity contribution in [2.75, 3.05) is 4.90 Å². The van der Waals surface area contributed by atoms with Gasteiger partial charge in [-0.25, -0.2) is 4.90 Å². The average Bonchev–Trinajstić information content (AvgIpc) is 3.24. The summed E-state index contributed by atoms with van der Waals surface area (Å²) >= 11 is 0. The van der Waals surface area contributed by atoms with Crippen LogP contribution >= 0.6 is 0 Å². The van der Waals surface area contributed by atoms with Crippen LogP contribution in [0.5, 0.6) is 5.75 Å². The number of phenols is 1. The molecule has 6 rings (SSSR count). The lowest BCUT2D eigenvalue weighted by molar-refractivity contribution is -0.124. The van der Waals surface area contributed by atoms with Gasteiger partial charge in [0.25, 0.3) is 0 Å². The molecule has 1 aliphatic heterocycles. The SMILES string of the molecule is O=C1[C@H]2[C@@H]3C=C[C@H]([C@@H]4C[C@H]34)[C@@H]2C(=O)N1c1cccc(O)c1. The molecule has 4 aliphatic carbocycles. The Morgan fingerprint density at radius 1 is 1.00 bits per heavy atom. The van der Waals surface area contributed by atoms with E-state index in [1.54, 1.807) is 18.2 Å². The summed E-state index contributed by atoms with van der Waals surface area (Å²) in [5, 5.41) is 9.61. The highest BCUT2D eigenvalue weighted by atomic mass is 16.3. The molecule has 5 aliphatic rings. The van der Waals surface area contributed by atoms with Crippen molar-refractivity contribution in [1.29, 1.82) is 0 Å². The zero-order chi connectivity index (χ0) is 14.3. The minimum atomic E-state index is -0.182. The first kappa shape index (κ1) is 11.5. The van der Waals surface area contributed by atoms with E-state index in [-0.39, 0.29) is 41.2 Å². The monoisotopic (exact) mass is 281 g/mol. The van der Waals surface area contributed by atoms with Crippen LogP contribution in [0.3, 0.4) is 0 Å². The predicted octanol–water partition coefficient (Wildman–Crippen LogP) is 1.95. The number of imide groups is 1. The van der Waals surface area contributed by atoms with E-state index in [0.717, 1.165) is 0 Å². The van der Waals surface area contributed by atoms with Gasteiger partial charge in [-0.3, -0.25) is 9.59 Å². The Hall–Kier alpha value is -2.10. The van der Waals surface area contributed by atoms with E-state index in [4.69, 9.17) is 0 Å². The van der Waals surface area contributed by atoms with E-state index in [1.807, 2.05) is 0 Å². The Bertz CT molecular complexity index is 674. The van der Waals surface area contributed by atoms with Gasteiger partial charge in [0.1, 0.15) is 5.75 Å². The van der Waals surface area contributed by atoms with Crippen LogP contribution in [-0.4, -0.2) is 16.9 Å². The molecule has 6 atom stereocenters. The lowest BCUT2D eigenvalue weighted by Gasteiger charge is -2.37. The number of hydrogen-bond donors (Lipinski definition) is 1. The second-order valence-corrected chi connectivity index (χ2v) is 6.69. The highest BCUT2D eigenvalue weighted by Crippen LogP contribution is 2.65. The molecule has 2 amide bonds. The Labute approximate surface area is 122 Å². The van der Waals surface area contributed by atoms with Crippen LogP contribution in [-0.2, 0) is 9.59 Å². The maximum absolute atomic E-state index is 12.8. The van der Waals surface area contributed by atoms with E-state index in [0.29, 0.717) is 17.5 Å². The molecule has 4 nitrogen and oxygen atoms in total. The number of hydrogen-bond acceptors (Lipinski definition) is 3. The van der Waals surface area contributed by atoms with Gasteiger partial charge in [0.15, 0.2) is 0 Å². The number of aromatic hydroxyl groups is 1. The summed E-state index contributed by atoms with van der Waals surface area (Å²) in [6.07, 6.45) is 5.50. The standard InChI is InChI=1S/C17H15NO3/c19-9-3-1-2-8(6-9)18-16(20)14-10-4-5-11(13-7-12(10)13)15(14)17(18)21/h1-6,10-15,19H,7H2/t10-,11-,12-,13+,14+,15+/m1/s1. The number of amides is 2. The third-order valence-electron chi connectivity index (χ3n) is 5.75. The Morgan fingerprint density at radius 3 is 2.19 bits per heavy atom. The molecule has 0 radical (unpaired) electrons. The molecule has 1 aromatic rings. The average molecular weight is 281 g/mol. The van der Waals surface area contributed by atoms with E-state index < -0.39 is 0 Å². The largest absolute Gasteiger partial charge is 0.508 e. The first-order valence-corrected chi connectivity index (χ1v) is 7.52. The Morgan fingerprint density at radius 2 is 1.62 bits per heavy atom. The van der Waals surface area contributed by atoms with Crippen LogP contribution in [0.15, 0.2) is 36.4 Å². The molecule has 1 heterocycles. The highest BCUT2D eigenvalue weighted by molar-refractivity contribution is 6.22. The third kappa shape index (κ3) is 1.30. The third-order valence-corrected chi connectivity index (χ3v) is 5.75. The van der Waals surface area contributed by atoms with Gasteiger partial charge in [-0.2, -0.15) is 0 Å². The number of carbonyl (C=O) groups is 2. The van der Waals surface area contributed by atoms with Crippen LogP contribution < -0.4 is 4.90 Å². The number of phenolic OH excluding ortho intramolecular Hbond substituents is 1. The topological polar surface area (TPSA) is 57.6 Å². The summed E-state index contributed by atoms with van der Waals surface area (Å²) in [6, 6.07) is 6.41. The smallest absolute Gasteiger partial charge is 0.238 e. The molecule has 3 fully saturated rings. The van der Waals surface area contributed by atoms with Gasteiger partial charge in [-0.1, -0.05) is 18.2 Å². The fourth-order valence-electron chi connectivity index (χ4n) is 4.84. The van der Waals surface area contributed by atoms with Crippen LogP contribution in [0, 0.1) is 35.5 Å². The summed E-state index contributed by atoms with van der Waals surface area (Å²) in [5.41, 5.74) is 0.493. The highest BCUT2D eigenvalue weighted by Gasteiger charge is 2.67. The van der Waals surface area contributed by atoms with Crippen molar-refractivity contribution in [1.82, 2.24) is 0 Å². The van der Waals surface area contributed by atoms with Gasteiger partial charge in [0.05, 0.1) is 17.5 Å². The molecule has 21 heavy (non-hydrogen) atoms. The number of nitrogens with zero attached hydrogens (tertiary/aromatic N) is 1. The second-order valence-electron chi connectivity index (χ2n) is 6.69. The van der Waals surface area contributed by atoms with Gasteiger partial charge in [0, 0.05) is 6.07 Å². The molecular weight excluding hydrogens is 266 g/mol. The molecule has 0 aromatic heterocycles. The number of anilines is 1.